The highest BCUT2D eigenvalue weighted by Gasteiger charge is 2.41. The Morgan fingerprint density at radius 1 is 1.10 bits per heavy atom. The number of ether oxygens (including phenoxy) is 1. The lowest BCUT2D eigenvalue weighted by molar-refractivity contribution is 0.140. The van der Waals surface area contributed by atoms with E-state index in [1.165, 1.54) is 19.3 Å². The van der Waals surface area contributed by atoms with Crippen LogP contribution in [0.4, 0.5) is 11.8 Å². The van der Waals surface area contributed by atoms with E-state index >= 15 is 0 Å². The van der Waals surface area contributed by atoms with Crippen molar-refractivity contribution in [3.8, 4) is 5.75 Å². The molecule has 0 amide bonds. The fraction of sp³-hybridized carbons (Fsp3) is 0.467. The van der Waals surface area contributed by atoms with Gasteiger partial charge < -0.3 is 16.2 Å². The van der Waals surface area contributed by atoms with E-state index in [1.54, 1.807) is 0 Å². The number of nitrogens with zero attached hydrogens (tertiary/aromatic N) is 2. The van der Waals surface area contributed by atoms with Crippen LogP contribution in [0.25, 0.3) is 10.9 Å². The lowest BCUT2D eigenvalue weighted by atomic mass is 9.97. The van der Waals surface area contributed by atoms with E-state index in [4.69, 9.17) is 16.2 Å². The molecule has 4 N–H and O–H groups in total. The van der Waals surface area contributed by atoms with Gasteiger partial charge in [0, 0.05) is 0 Å². The second-order valence-corrected chi connectivity index (χ2v) is 5.95. The van der Waals surface area contributed by atoms with Crippen LogP contribution in [-0.2, 0) is 0 Å². The minimum atomic E-state index is 0.201. The first-order valence-corrected chi connectivity index (χ1v) is 7.19. The maximum absolute atomic E-state index is 6.24. The van der Waals surface area contributed by atoms with Gasteiger partial charge in [0.15, 0.2) is 0 Å². The van der Waals surface area contributed by atoms with Gasteiger partial charge in [0.05, 0.1) is 10.9 Å². The summed E-state index contributed by atoms with van der Waals surface area (Å²) < 4.78 is 6.24. The number of nitrogens with two attached hydrogens (primary N) is 2. The Bertz CT molecular complexity index is 672. The highest BCUT2D eigenvalue weighted by molar-refractivity contribution is 5.94. The van der Waals surface area contributed by atoms with E-state index in [9.17, 15) is 0 Å². The Morgan fingerprint density at radius 3 is 2.75 bits per heavy atom. The third-order valence-electron chi connectivity index (χ3n) is 4.68. The van der Waals surface area contributed by atoms with Gasteiger partial charge in [-0.15, -0.1) is 0 Å². The Balaban J connectivity index is 1.73. The molecule has 0 saturated heterocycles. The quantitative estimate of drug-likeness (QED) is 0.874. The molecular formula is C15H18N4O. The molecule has 1 heterocycles. The van der Waals surface area contributed by atoms with Gasteiger partial charge in [0.1, 0.15) is 17.7 Å². The minimum Gasteiger partial charge on any atom is -0.489 e. The fourth-order valence-electron chi connectivity index (χ4n) is 3.79. The molecule has 0 aliphatic heterocycles. The molecule has 2 saturated carbocycles. The average molecular weight is 270 g/mol. The Labute approximate surface area is 117 Å². The van der Waals surface area contributed by atoms with E-state index in [-0.39, 0.29) is 5.95 Å². The smallest absolute Gasteiger partial charge is 0.222 e. The van der Waals surface area contributed by atoms with E-state index < -0.39 is 0 Å². The molecule has 2 fully saturated rings. The highest BCUT2D eigenvalue weighted by atomic mass is 16.5. The minimum absolute atomic E-state index is 0.201. The largest absolute Gasteiger partial charge is 0.489 e. The summed E-state index contributed by atoms with van der Waals surface area (Å²) in [4.78, 5) is 8.28. The molecular weight excluding hydrogens is 252 g/mol. The van der Waals surface area contributed by atoms with Crippen molar-refractivity contribution >= 4 is 22.7 Å². The van der Waals surface area contributed by atoms with Crippen molar-refractivity contribution in [3.05, 3.63) is 18.2 Å². The molecule has 4 rings (SSSR count). The van der Waals surface area contributed by atoms with Crippen LogP contribution in [0.1, 0.15) is 25.7 Å². The summed E-state index contributed by atoms with van der Waals surface area (Å²) in [5.74, 6) is 2.94. The summed E-state index contributed by atoms with van der Waals surface area (Å²) in [5, 5.41) is 0.782. The molecule has 2 aromatic rings. The summed E-state index contributed by atoms with van der Waals surface area (Å²) in [6.45, 7) is 0. The van der Waals surface area contributed by atoms with E-state index in [1.807, 2.05) is 18.2 Å². The first kappa shape index (κ1) is 11.8. The van der Waals surface area contributed by atoms with Crippen LogP contribution in [-0.4, -0.2) is 16.1 Å². The number of hydrogen-bond acceptors (Lipinski definition) is 5. The Hall–Kier alpha value is -2.04. The number of nitrogen functional groups attached to an aromatic ring is 2. The van der Waals surface area contributed by atoms with Gasteiger partial charge in [0.2, 0.25) is 5.95 Å². The normalized spacial score (nSPS) is 28.1. The predicted octanol–water partition coefficient (Wildman–Crippen LogP) is 2.36. The topological polar surface area (TPSA) is 87.0 Å². The molecule has 2 bridgehead atoms. The van der Waals surface area contributed by atoms with Crippen LogP contribution < -0.4 is 16.2 Å². The van der Waals surface area contributed by atoms with Crippen LogP contribution >= 0.6 is 0 Å². The molecule has 104 valence electrons. The van der Waals surface area contributed by atoms with Crippen LogP contribution in [0.3, 0.4) is 0 Å². The van der Waals surface area contributed by atoms with Crippen LogP contribution in [0, 0.1) is 11.8 Å². The third kappa shape index (κ3) is 1.77. The molecule has 0 radical (unpaired) electrons. The van der Waals surface area contributed by atoms with Crippen molar-refractivity contribution in [1.82, 2.24) is 9.97 Å². The molecule has 5 heteroatoms. The first-order valence-electron chi connectivity index (χ1n) is 7.19. The van der Waals surface area contributed by atoms with Crippen LogP contribution in [0.2, 0.25) is 0 Å². The third-order valence-corrected chi connectivity index (χ3v) is 4.68. The van der Waals surface area contributed by atoms with Gasteiger partial charge >= 0.3 is 0 Å². The molecule has 1 aromatic heterocycles. The standard InChI is InChI=1S/C15H18N4O/c16-14-13-10(18-15(17)19-14)2-1-3-11(13)20-12-7-8-4-5-9(12)6-8/h1-3,8-9,12H,4-7H2,(H4,16,17,18,19)/t8-,9?,12+/m0/s1. The number of hydrogen-bond donors (Lipinski definition) is 2. The van der Waals surface area contributed by atoms with Crippen molar-refractivity contribution in [1.29, 1.82) is 0 Å². The SMILES string of the molecule is Nc1nc(N)c2c(O[C@@H]3C[C@H]4CCC3C4)cccc2n1. The lowest BCUT2D eigenvalue weighted by Gasteiger charge is -2.24. The van der Waals surface area contributed by atoms with Gasteiger partial charge in [0.25, 0.3) is 0 Å². The zero-order valence-corrected chi connectivity index (χ0v) is 11.2. The highest BCUT2D eigenvalue weighted by Crippen LogP contribution is 2.46. The Kier molecular flexibility index (Phi) is 2.49. The second kappa shape index (κ2) is 4.23. The van der Waals surface area contributed by atoms with E-state index in [2.05, 4.69) is 9.97 Å². The number of anilines is 2. The number of fused-ring (bicyclic) bond motifs is 3. The van der Waals surface area contributed by atoms with Crippen molar-refractivity contribution < 1.29 is 4.74 Å². The van der Waals surface area contributed by atoms with Crippen molar-refractivity contribution in [2.45, 2.75) is 31.8 Å². The monoisotopic (exact) mass is 270 g/mol. The van der Waals surface area contributed by atoms with E-state index in [0.29, 0.717) is 17.8 Å². The maximum Gasteiger partial charge on any atom is 0.222 e. The molecule has 0 spiro atoms. The van der Waals surface area contributed by atoms with Crippen molar-refractivity contribution in [2.24, 2.45) is 11.8 Å². The van der Waals surface area contributed by atoms with Gasteiger partial charge in [-0.2, -0.15) is 4.98 Å². The van der Waals surface area contributed by atoms with Gasteiger partial charge in [-0.3, -0.25) is 0 Å². The predicted molar refractivity (Wildman–Crippen MR) is 78.2 cm³/mol. The summed E-state index contributed by atoms with van der Waals surface area (Å²) in [6, 6.07) is 5.76. The summed E-state index contributed by atoms with van der Waals surface area (Å²) >= 11 is 0. The molecule has 2 aliphatic carbocycles. The summed E-state index contributed by atoms with van der Waals surface area (Å²) in [7, 11) is 0. The molecule has 5 nitrogen and oxygen atoms in total. The zero-order valence-electron chi connectivity index (χ0n) is 11.2. The van der Waals surface area contributed by atoms with Gasteiger partial charge in [-0.25, -0.2) is 4.98 Å². The van der Waals surface area contributed by atoms with Crippen molar-refractivity contribution in [2.75, 3.05) is 11.5 Å². The van der Waals surface area contributed by atoms with Gasteiger partial charge in [-0.1, -0.05) is 6.07 Å². The van der Waals surface area contributed by atoms with Crippen LogP contribution in [0.5, 0.6) is 5.75 Å². The lowest BCUT2D eigenvalue weighted by Crippen LogP contribution is -2.23. The van der Waals surface area contributed by atoms with Gasteiger partial charge in [-0.05, 0) is 49.7 Å². The molecule has 3 atom stereocenters. The maximum atomic E-state index is 6.24. The van der Waals surface area contributed by atoms with E-state index in [0.717, 1.165) is 29.0 Å². The molecule has 20 heavy (non-hydrogen) atoms. The van der Waals surface area contributed by atoms with Crippen LogP contribution in [0.15, 0.2) is 18.2 Å². The first-order chi connectivity index (χ1) is 9.70. The zero-order chi connectivity index (χ0) is 13.7. The molecule has 1 aromatic carbocycles. The fourth-order valence-corrected chi connectivity index (χ4v) is 3.79. The Morgan fingerprint density at radius 2 is 2.00 bits per heavy atom. The number of rotatable bonds is 2. The summed E-state index contributed by atoms with van der Waals surface area (Å²) in [6.07, 6.45) is 5.45. The molecule has 2 aliphatic rings. The second-order valence-electron chi connectivity index (χ2n) is 5.95. The number of aromatic nitrogens is 2. The number of benzene rings is 1. The molecule has 1 unspecified atom stereocenters. The summed E-state index contributed by atoms with van der Waals surface area (Å²) in [5.41, 5.74) is 12.4. The average Bonchev–Trinajstić information content (AvgIpc) is 3.00. The van der Waals surface area contributed by atoms with Crippen molar-refractivity contribution in [3.63, 3.8) is 0 Å².